The van der Waals surface area contributed by atoms with Crippen molar-refractivity contribution in [2.45, 2.75) is 25.9 Å². The Morgan fingerprint density at radius 1 is 1.08 bits per heavy atom. The van der Waals surface area contributed by atoms with Crippen molar-refractivity contribution in [3.05, 3.63) is 76.3 Å². The van der Waals surface area contributed by atoms with Crippen LogP contribution in [0.3, 0.4) is 0 Å². The third-order valence-electron chi connectivity index (χ3n) is 6.01. The number of pyridine rings is 2. The number of anilines is 1. The van der Waals surface area contributed by atoms with Crippen molar-refractivity contribution in [2.75, 3.05) is 24.2 Å². The Morgan fingerprint density at radius 3 is 2.29 bits per heavy atom. The second-order valence-electron chi connectivity index (χ2n) is 9.35. The predicted molar refractivity (Wildman–Crippen MR) is 144 cm³/mol. The summed E-state index contributed by atoms with van der Waals surface area (Å²) in [5, 5.41) is 14.9. The molecule has 4 aromatic rings. The van der Waals surface area contributed by atoms with E-state index in [1.807, 2.05) is 61.2 Å². The Morgan fingerprint density at radius 2 is 1.68 bits per heavy atom. The molecule has 2 aromatic carbocycles. The third kappa shape index (κ3) is 5.98. The van der Waals surface area contributed by atoms with Crippen LogP contribution in [0.1, 0.15) is 24.2 Å². The second kappa shape index (κ2) is 10.5. The van der Waals surface area contributed by atoms with Crippen LogP contribution in [0.4, 0.5) is 10.2 Å². The summed E-state index contributed by atoms with van der Waals surface area (Å²) in [6, 6.07) is 14.8. The van der Waals surface area contributed by atoms with Crippen LogP contribution in [0.15, 0.2) is 59.5 Å². The minimum absolute atomic E-state index is 0.0689. The molecule has 38 heavy (non-hydrogen) atoms. The lowest BCUT2D eigenvalue weighted by Crippen LogP contribution is -2.54. The minimum atomic E-state index is -3.67. The molecule has 5 rings (SSSR count). The van der Waals surface area contributed by atoms with E-state index in [0.29, 0.717) is 25.0 Å². The average Bonchev–Trinajstić information content (AvgIpc) is 2.82. The summed E-state index contributed by atoms with van der Waals surface area (Å²) in [5.74, 6) is -1.86. The van der Waals surface area contributed by atoms with Crippen molar-refractivity contribution in [1.82, 2.24) is 14.9 Å². The van der Waals surface area contributed by atoms with Crippen molar-refractivity contribution >= 4 is 43.7 Å². The van der Waals surface area contributed by atoms with Crippen LogP contribution in [0, 0.1) is 5.82 Å². The van der Waals surface area contributed by atoms with E-state index in [-0.39, 0.29) is 28.9 Å². The van der Waals surface area contributed by atoms with E-state index >= 15 is 4.39 Å². The zero-order valence-corrected chi connectivity index (χ0v) is 21.7. The van der Waals surface area contributed by atoms with Gasteiger partial charge in [-0.15, -0.1) is 0 Å². The number of hydrogen-bond acceptors (Lipinski definition) is 7. The molecule has 200 valence electrons. The lowest BCUT2D eigenvalue weighted by molar-refractivity contribution is 0.0695. The van der Waals surface area contributed by atoms with Gasteiger partial charge in [-0.2, -0.15) is 8.42 Å². The maximum absolute atomic E-state index is 15.2. The largest absolute Gasteiger partial charge is 0.477 e. The van der Waals surface area contributed by atoms with Crippen LogP contribution in [0.5, 0.6) is 0 Å². The molecule has 0 amide bonds. The van der Waals surface area contributed by atoms with Gasteiger partial charge in [-0.3, -0.25) is 9.35 Å². The molecule has 2 atom stereocenters. The SMILES string of the molecule is CS(=O)(=O)O.C[C@@H]1CN(c2nc3c(cc2F)c(=O)c(C(=O)O)cn3-c2ccc3ccccc3c2)C[C@H](C)N1. The number of aromatic carboxylic acids is 1. The van der Waals surface area contributed by atoms with Crippen molar-refractivity contribution in [1.29, 1.82) is 0 Å². The molecular formula is C26H27FN4O6S. The summed E-state index contributed by atoms with van der Waals surface area (Å²) in [5.41, 5.74) is -0.340. The molecule has 1 saturated heterocycles. The molecule has 0 radical (unpaired) electrons. The highest BCUT2D eigenvalue weighted by Crippen LogP contribution is 2.26. The molecule has 0 spiro atoms. The zero-order valence-electron chi connectivity index (χ0n) is 20.9. The fraction of sp³-hybridized carbons (Fsp3) is 0.269. The standard InChI is InChI=1S/C25H23FN4O3.CH4O3S/c1-14-11-29(12-15(2)27-14)24-21(26)10-19-22(31)20(25(32)33)13-30(23(19)28-24)18-8-7-16-5-3-4-6-17(16)9-18;1-5(2,3)4/h3-10,13-15,27H,11-12H2,1-2H3,(H,32,33);1H3,(H,2,3,4)/t14-,15+;. The summed E-state index contributed by atoms with van der Waals surface area (Å²) >= 11 is 0. The van der Waals surface area contributed by atoms with Crippen LogP contribution in [0.2, 0.25) is 0 Å². The average molecular weight is 543 g/mol. The molecule has 1 aliphatic heterocycles. The van der Waals surface area contributed by atoms with Crippen LogP contribution < -0.4 is 15.6 Å². The zero-order chi connectivity index (χ0) is 27.8. The van der Waals surface area contributed by atoms with Gasteiger partial charge in [-0.1, -0.05) is 30.3 Å². The number of carboxylic acids is 1. The fourth-order valence-corrected chi connectivity index (χ4v) is 4.61. The second-order valence-corrected chi connectivity index (χ2v) is 10.8. The molecule has 3 heterocycles. The van der Waals surface area contributed by atoms with Gasteiger partial charge in [-0.25, -0.2) is 14.2 Å². The molecule has 10 nitrogen and oxygen atoms in total. The van der Waals surface area contributed by atoms with Gasteiger partial charge in [0.1, 0.15) is 5.56 Å². The number of hydrogen-bond donors (Lipinski definition) is 3. The van der Waals surface area contributed by atoms with Crippen LogP contribution >= 0.6 is 0 Å². The minimum Gasteiger partial charge on any atom is -0.477 e. The number of aromatic nitrogens is 2. The summed E-state index contributed by atoms with van der Waals surface area (Å²) in [6.45, 7) is 5.16. The summed E-state index contributed by atoms with van der Waals surface area (Å²) in [6.07, 6.45) is 1.99. The fourth-order valence-electron chi connectivity index (χ4n) is 4.61. The maximum atomic E-state index is 15.2. The molecule has 0 aliphatic carbocycles. The molecule has 2 aromatic heterocycles. The smallest absolute Gasteiger partial charge is 0.341 e. The van der Waals surface area contributed by atoms with Gasteiger partial charge in [0.25, 0.3) is 10.1 Å². The van der Waals surface area contributed by atoms with Crippen LogP contribution in [-0.2, 0) is 10.1 Å². The lowest BCUT2D eigenvalue weighted by Gasteiger charge is -2.37. The molecule has 1 aliphatic rings. The highest BCUT2D eigenvalue weighted by atomic mass is 32.2. The molecule has 1 fully saturated rings. The van der Waals surface area contributed by atoms with Crippen LogP contribution in [-0.4, -0.2) is 65.0 Å². The van der Waals surface area contributed by atoms with Gasteiger partial charge in [0.05, 0.1) is 11.6 Å². The molecular weight excluding hydrogens is 515 g/mol. The van der Waals surface area contributed by atoms with E-state index < -0.39 is 32.9 Å². The number of fused-ring (bicyclic) bond motifs is 2. The van der Waals surface area contributed by atoms with Crippen molar-refractivity contribution in [3.63, 3.8) is 0 Å². The van der Waals surface area contributed by atoms with Crippen molar-refractivity contribution < 1.29 is 27.3 Å². The predicted octanol–water partition coefficient (Wildman–Crippen LogP) is 3.07. The Balaban J connectivity index is 0.000000617. The highest BCUT2D eigenvalue weighted by Gasteiger charge is 2.26. The number of rotatable bonds is 3. The Kier molecular flexibility index (Phi) is 7.49. The van der Waals surface area contributed by atoms with E-state index in [1.54, 1.807) is 4.57 Å². The summed E-state index contributed by atoms with van der Waals surface area (Å²) in [4.78, 5) is 31.1. The normalized spacial score (nSPS) is 17.8. The van der Waals surface area contributed by atoms with Crippen LogP contribution in [0.25, 0.3) is 27.5 Å². The number of piperazine rings is 1. The molecule has 0 bridgehead atoms. The first-order valence-corrected chi connectivity index (χ1v) is 13.6. The topological polar surface area (TPSA) is 142 Å². The molecule has 0 unspecified atom stereocenters. The first-order chi connectivity index (χ1) is 17.8. The van der Waals surface area contributed by atoms with Gasteiger partial charge < -0.3 is 19.9 Å². The first kappa shape index (κ1) is 27.2. The summed E-state index contributed by atoms with van der Waals surface area (Å²) < 4.78 is 42.6. The molecule has 0 saturated carbocycles. The third-order valence-corrected chi connectivity index (χ3v) is 6.01. The van der Waals surface area contributed by atoms with Crippen molar-refractivity contribution in [3.8, 4) is 5.69 Å². The number of nitrogens with one attached hydrogen (secondary N) is 1. The van der Waals surface area contributed by atoms with Gasteiger partial charge in [-0.05, 0) is 42.8 Å². The number of benzene rings is 2. The van der Waals surface area contributed by atoms with E-state index in [9.17, 15) is 23.1 Å². The quantitative estimate of drug-likeness (QED) is 0.333. The number of halogens is 1. The van der Waals surface area contributed by atoms with E-state index in [2.05, 4.69) is 10.3 Å². The number of carboxylic acid groups (broad SMARTS) is 1. The van der Waals surface area contributed by atoms with E-state index in [1.165, 1.54) is 6.20 Å². The van der Waals surface area contributed by atoms with Gasteiger partial charge in [0.2, 0.25) is 5.43 Å². The lowest BCUT2D eigenvalue weighted by atomic mass is 10.1. The Labute approximate surface area is 218 Å². The molecule has 12 heteroatoms. The van der Waals surface area contributed by atoms with E-state index in [0.717, 1.165) is 16.8 Å². The Hall–Kier alpha value is -3.87. The number of nitrogens with zero attached hydrogens (tertiary/aromatic N) is 3. The number of carbonyl (C=O) groups is 1. The van der Waals surface area contributed by atoms with E-state index in [4.69, 9.17) is 4.55 Å². The maximum Gasteiger partial charge on any atom is 0.341 e. The van der Waals surface area contributed by atoms with Gasteiger partial charge >= 0.3 is 5.97 Å². The highest BCUT2D eigenvalue weighted by molar-refractivity contribution is 7.85. The van der Waals surface area contributed by atoms with Gasteiger partial charge in [0, 0.05) is 37.1 Å². The van der Waals surface area contributed by atoms with Crippen molar-refractivity contribution in [2.24, 2.45) is 0 Å². The van der Waals surface area contributed by atoms with Gasteiger partial charge in [0.15, 0.2) is 17.3 Å². The molecule has 3 N–H and O–H groups in total. The first-order valence-electron chi connectivity index (χ1n) is 11.7. The summed E-state index contributed by atoms with van der Waals surface area (Å²) in [7, 11) is -3.67. The Bertz CT molecular complexity index is 1690. The monoisotopic (exact) mass is 542 g/mol.